The highest BCUT2D eigenvalue weighted by molar-refractivity contribution is 5.91. The number of rotatable bonds is 8. The quantitative estimate of drug-likeness (QED) is 0.178. The maximum Gasteiger partial charge on any atom is 0.414 e. The van der Waals surface area contributed by atoms with Crippen molar-refractivity contribution in [1.82, 2.24) is 14.8 Å². The van der Waals surface area contributed by atoms with E-state index in [1.807, 2.05) is 69.0 Å². The van der Waals surface area contributed by atoms with Crippen molar-refractivity contribution < 1.29 is 28.2 Å². The Morgan fingerprint density at radius 1 is 0.980 bits per heavy atom. The second-order valence-corrected chi connectivity index (χ2v) is 15.0. The van der Waals surface area contributed by atoms with Crippen molar-refractivity contribution in [3.63, 3.8) is 0 Å². The number of fused-ring (bicyclic) bond motifs is 1. The maximum atomic E-state index is 13.7. The summed E-state index contributed by atoms with van der Waals surface area (Å²) >= 11 is 0. The van der Waals surface area contributed by atoms with E-state index in [4.69, 9.17) is 14.5 Å². The van der Waals surface area contributed by atoms with Crippen molar-refractivity contribution in [2.45, 2.75) is 97.3 Å². The fraction of sp³-hybridized carbons (Fsp3) is 0.463. The first kappa shape index (κ1) is 37.3. The number of carbonyl (C=O) groups is 3. The Bertz CT molecular complexity index is 1780. The van der Waals surface area contributed by atoms with Gasteiger partial charge in [-0.25, -0.2) is 19.0 Å². The molecule has 0 spiro atoms. The van der Waals surface area contributed by atoms with Crippen LogP contribution in [0.4, 0.5) is 19.7 Å². The number of benzene rings is 2. The summed E-state index contributed by atoms with van der Waals surface area (Å²) < 4.78 is 24.9. The summed E-state index contributed by atoms with van der Waals surface area (Å²) in [5, 5.41) is 0. The fourth-order valence-electron chi connectivity index (χ4n) is 6.40. The predicted octanol–water partition coefficient (Wildman–Crippen LogP) is 7.63. The topological polar surface area (TPSA) is 92.3 Å². The van der Waals surface area contributed by atoms with E-state index < -0.39 is 17.1 Å². The van der Waals surface area contributed by atoms with Gasteiger partial charge in [0.15, 0.2) is 0 Å². The van der Waals surface area contributed by atoms with Gasteiger partial charge in [-0.1, -0.05) is 62.2 Å². The van der Waals surface area contributed by atoms with Crippen LogP contribution in [-0.2, 0) is 32.7 Å². The highest BCUT2D eigenvalue weighted by atomic mass is 19.1. The van der Waals surface area contributed by atoms with Gasteiger partial charge in [0.05, 0.1) is 11.4 Å². The molecule has 1 fully saturated rings. The van der Waals surface area contributed by atoms with Crippen LogP contribution in [0.5, 0.6) is 0 Å². The molecule has 3 aromatic rings. The summed E-state index contributed by atoms with van der Waals surface area (Å²) in [7, 11) is 0. The molecule has 1 saturated heterocycles. The van der Waals surface area contributed by atoms with Crippen molar-refractivity contribution in [3.8, 4) is 11.8 Å². The van der Waals surface area contributed by atoms with Crippen LogP contribution < -0.4 is 4.90 Å². The number of halogens is 1. The van der Waals surface area contributed by atoms with Crippen LogP contribution >= 0.6 is 0 Å². The number of pyridine rings is 1. The van der Waals surface area contributed by atoms with Crippen molar-refractivity contribution in [2.24, 2.45) is 0 Å². The van der Waals surface area contributed by atoms with E-state index in [0.717, 1.165) is 28.8 Å². The minimum atomic E-state index is -0.566. The Labute approximate surface area is 301 Å². The molecule has 270 valence electrons. The Balaban J connectivity index is 1.23. The summed E-state index contributed by atoms with van der Waals surface area (Å²) in [5.41, 5.74) is 3.74. The van der Waals surface area contributed by atoms with E-state index >= 15 is 0 Å². The number of nitrogens with zero attached hydrogens (tertiary/aromatic N) is 4. The monoisotopic (exact) mass is 696 g/mol. The van der Waals surface area contributed by atoms with E-state index in [1.165, 1.54) is 12.1 Å². The summed E-state index contributed by atoms with van der Waals surface area (Å²) in [6.07, 6.45) is 2.13. The van der Waals surface area contributed by atoms with E-state index in [2.05, 4.69) is 25.7 Å². The van der Waals surface area contributed by atoms with Gasteiger partial charge in [-0.3, -0.25) is 9.69 Å². The lowest BCUT2D eigenvalue weighted by atomic mass is 9.90. The van der Waals surface area contributed by atoms with Crippen molar-refractivity contribution >= 4 is 23.8 Å². The average Bonchev–Trinajstić information content (AvgIpc) is 3.34. The smallest absolute Gasteiger partial charge is 0.414 e. The second kappa shape index (κ2) is 16.0. The zero-order valence-electron chi connectivity index (χ0n) is 30.6. The third-order valence-corrected chi connectivity index (χ3v) is 9.06. The number of hydrogen-bond acceptors (Lipinski definition) is 6. The molecule has 0 unspecified atom stereocenters. The number of hydrogen-bond donors (Lipinski definition) is 0. The molecule has 3 heterocycles. The number of piperazine rings is 1. The molecule has 9 nitrogen and oxygen atoms in total. The van der Waals surface area contributed by atoms with Crippen LogP contribution in [0.3, 0.4) is 0 Å². The van der Waals surface area contributed by atoms with Gasteiger partial charge in [0.2, 0.25) is 5.91 Å². The fourth-order valence-corrected chi connectivity index (χ4v) is 6.40. The molecule has 1 atom stereocenters. The van der Waals surface area contributed by atoms with Crippen LogP contribution in [0.25, 0.3) is 0 Å². The Morgan fingerprint density at radius 2 is 1.71 bits per heavy atom. The molecule has 2 aromatic carbocycles. The molecule has 1 aromatic heterocycles. The number of carbonyl (C=O) groups excluding carboxylic acids is 3. The number of amides is 3. The average molecular weight is 697 g/mol. The van der Waals surface area contributed by atoms with Gasteiger partial charge in [0.1, 0.15) is 23.7 Å². The van der Waals surface area contributed by atoms with Gasteiger partial charge in [-0.15, -0.1) is 0 Å². The van der Waals surface area contributed by atoms with Gasteiger partial charge in [0.25, 0.3) is 0 Å². The summed E-state index contributed by atoms with van der Waals surface area (Å²) in [5.74, 6) is 6.31. The molecule has 2 aliphatic rings. The van der Waals surface area contributed by atoms with Gasteiger partial charge in [-0.2, -0.15) is 0 Å². The highest BCUT2D eigenvalue weighted by Gasteiger charge is 2.41. The molecule has 2 aliphatic heterocycles. The maximum absolute atomic E-state index is 13.7. The summed E-state index contributed by atoms with van der Waals surface area (Å²) in [4.78, 5) is 49.1. The van der Waals surface area contributed by atoms with E-state index in [1.54, 1.807) is 21.9 Å². The first-order valence-corrected chi connectivity index (χ1v) is 17.7. The van der Waals surface area contributed by atoms with E-state index in [9.17, 15) is 18.8 Å². The third kappa shape index (κ3) is 9.87. The zero-order chi connectivity index (χ0) is 36.8. The lowest BCUT2D eigenvalue weighted by Crippen LogP contribution is -2.56. The van der Waals surface area contributed by atoms with Crippen molar-refractivity contribution in [3.05, 3.63) is 94.6 Å². The predicted molar refractivity (Wildman–Crippen MR) is 195 cm³/mol. The van der Waals surface area contributed by atoms with Crippen LogP contribution in [-0.4, -0.2) is 70.7 Å². The largest absolute Gasteiger partial charge is 0.444 e. The van der Waals surface area contributed by atoms with Gasteiger partial charge < -0.3 is 19.3 Å². The van der Waals surface area contributed by atoms with Crippen molar-refractivity contribution in [1.29, 1.82) is 0 Å². The number of ether oxygens (including phenoxy) is 2. The number of aromatic nitrogens is 1. The van der Waals surface area contributed by atoms with Crippen LogP contribution in [0.2, 0.25) is 0 Å². The van der Waals surface area contributed by atoms with Crippen molar-refractivity contribution in [2.75, 3.05) is 31.1 Å². The summed E-state index contributed by atoms with van der Waals surface area (Å²) in [6, 6.07) is 17.8. The zero-order valence-corrected chi connectivity index (χ0v) is 30.6. The molecule has 10 heteroatoms. The number of unbranched alkanes of at least 4 members (excludes halogenated alkanes) is 2. The van der Waals surface area contributed by atoms with Crippen LogP contribution in [0.1, 0.15) is 95.3 Å². The molecule has 0 N–H and O–H groups in total. The first-order valence-electron chi connectivity index (χ1n) is 17.7. The Hall–Kier alpha value is -4.91. The lowest BCUT2D eigenvalue weighted by molar-refractivity contribution is -0.134. The standard InChI is InChI=1S/C41H49FN4O5/c1-29-26-44(22-23-45(29)39(49)51-40(2,3)4)36(47)17-13-8-7-12-16-34-32(24-30-18-20-33(42)21-19-30)25-35-37(43-34)41(5,6)28-46(35)38(48)50-27-31-14-10-9-11-15-31/h9-11,14-15,18-21,25,29H,7-8,13,17,22-24,26-28H2,1-6H3/t29-/m1/s1. The van der Waals surface area contributed by atoms with Gasteiger partial charge in [-0.05, 0) is 81.3 Å². The van der Waals surface area contributed by atoms with E-state index in [-0.39, 0.29) is 30.5 Å². The highest BCUT2D eigenvalue weighted by Crippen LogP contribution is 2.41. The molecule has 0 aliphatic carbocycles. The minimum Gasteiger partial charge on any atom is -0.444 e. The van der Waals surface area contributed by atoms with Crippen LogP contribution in [0, 0.1) is 17.7 Å². The lowest BCUT2D eigenvalue weighted by Gasteiger charge is -2.40. The molecule has 51 heavy (non-hydrogen) atoms. The molecule has 0 radical (unpaired) electrons. The van der Waals surface area contributed by atoms with Crippen LogP contribution in [0.15, 0.2) is 60.7 Å². The summed E-state index contributed by atoms with van der Waals surface area (Å²) in [6.45, 7) is 13.6. The molecule has 0 saturated carbocycles. The van der Waals surface area contributed by atoms with E-state index in [0.29, 0.717) is 63.2 Å². The van der Waals surface area contributed by atoms with Gasteiger partial charge in [0, 0.05) is 56.9 Å². The minimum absolute atomic E-state index is 0.0783. The molecule has 0 bridgehead atoms. The molecular weight excluding hydrogens is 647 g/mol. The number of anilines is 1. The Morgan fingerprint density at radius 3 is 2.39 bits per heavy atom. The van der Waals surface area contributed by atoms with Gasteiger partial charge >= 0.3 is 12.2 Å². The first-order chi connectivity index (χ1) is 24.2. The Kier molecular flexibility index (Phi) is 11.7. The molecule has 3 amide bonds. The second-order valence-electron chi connectivity index (χ2n) is 15.0. The molecular formula is C41H49FN4O5. The molecule has 5 rings (SSSR count). The SMILES string of the molecule is C[C@@H]1CN(C(=O)CCCCC#Cc2nc3c(cc2Cc2ccc(F)cc2)N(C(=O)OCc2ccccc2)CC3(C)C)CCN1C(=O)OC(C)(C)C. The third-order valence-electron chi connectivity index (χ3n) is 9.06. The normalized spacial score (nSPS) is 16.6.